The quantitative estimate of drug-likeness (QED) is 0.783. The number of carbonyl (C=O) groups is 1. The van der Waals surface area contributed by atoms with Crippen molar-refractivity contribution in [2.45, 2.75) is 25.7 Å². The van der Waals surface area contributed by atoms with Crippen molar-refractivity contribution in [3.8, 4) is 0 Å². The average Bonchev–Trinajstić information content (AvgIpc) is 2.95. The molecule has 0 radical (unpaired) electrons. The van der Waals surface area contributed by atoms with Gasteiger partial charge in [0.2, 0.25) is 0 Å². The highest BCUT2D eigenvalue weighted by atomic mass is 35.5. The standard InChI is InChI=1S/C12H12Cl2O/c13-10-3-4-12(14)9(6-10)7-11(15)5-8-1-2-8/h3-4,6,8H,1-2,5,7H2. The third-order valence-corrected chi connectivity index (χ3v) is 3.21. The summed E-state index contributed by atoms with van der Waals surface area (Å²) in [5, 5.41) is 1.26. The van der Waals surface area contributed by atoms with E-state index in [1.807, 2.05) is 0 Å². The molecule has 0 N–H and O–H groups in total. The molecule has 1 aliphatic rings. The van der Waals surface area contributed by atoms with Crippen molar-refractivity contribution in [1.29, 1.82) is 0 Å². The Bertz CT molecular complexity index is 383. The molecule has 1 nitrogen and oxygen atoms in total. The van der Waals surface area contributed by atoms with Crippen molar-refractivity contribution >= 4 is 29.0 Å². The molecule has 0 bridgehead atoms. The van der Waals surface area contributed by atoms with E-state index >= 15 is 0 Å². The van der Waals surface area contributed by atoms with E-state index in [2.05, 4.69) is 0 Å². The maximum atomic E-state index is 11.6. The Kier molecular flexibility index (Phi) is 3.32. The van der Waals surface area contributed by atoms with Crippen LogP contribution in [-0.4, -0.2) is 5.78 Å². The molecule has 0 aromatic heterocycles. The maximum Gasteiger partial charge on any atom is 0.137 e. The van der Waals surface area contributed by atoms with Gasteiger partial charge in [0, 0.05) is 22.9 Å². The van der Waals surface area contributed by atoms with E-state index in [0.29, 0.717) is 28.8 Å². The van der Waals surface area contributed by atoms with Gasteiger partial charge in [0.1, 0.15) is 5.78 Å². The van der Waals surface area contributed by atoms with Crippen LogP contribution in [0.3, 0.4) is 0 Å². The number of carbonyl (C=O) groups excluding carboxylic acids is 1. The van der Waals surface area contributed by atoms with E-state index in [-0.39, 0.29) is 5.78 Å². The molecule has 2 rings (SSSR count). The minimum Gasteiger partial charge on any atom is -0.299 e. The highest BCUT2D eigenvalue weighted by molar-refractivity contribution is 6.33. The van der Waals surface area contributed by atoms with E-state index < -0.39 is 0 Å². The first-order valence-corrected chi connectivity index (χ1v) is 5.86. The first-order chi connectivity index (χ1) is 7.15. The van der Waals surface area contributed by atoms with Crippen LogP contribution in [-0.2, 0) is 11.2 Å². The third-order valence-electron chi connectivity index (χ3n) is 2.61. The van der Waals surface area contributed by atoms with Gasteiger partial charge in [-0.05, 0) is 42.5 Å². The molecule has 1 aliphatic carbocycles. The molecule has 0 spiro atoms. The SMILES string of the molecule is O=C(Cc1cc(Cl)ccc1Cl)CC1CC1. The Morgan fingerprint density at radius 1 is 1.33 bits per heavy atom. The van der Waals surface area contributed by atoms with E-state index in [9.17, 15) is 4.79 Å². The zero-order valence-electron chi connectivity index (χ0n) is 8.30. The fourth-order valence-corrected chi connectivity index (χ4v) is 1.99. The minimum absolute atomic E-state index is 0.265. The van der Waals surface area contributed by atoms with Crippen LogP contribution in [0.4, 0.5) is 0 Å². The zero-order valence-corrected chi connectivity index (χ0v) is 9.81. The van der Waals surface area contributed by atoms with E-state index in [4.69, 9.17) is 23.2 Å². The molecule has 0 aliphatic heterocycles. The minimum atomic E-state index is 0.265. The molecular weight excluding hydrogens is 231 g/mol. The molecule has 0 unspecified atom stereocenters. The Morgan fingerprint density at radius 2 is 2.07 bits per heavy atom. The predicted octanol–water partition coefficient (Wildman–Crippen LogP) is 3.91. The van der Waals surface area contributed by atoms with Gasteiger partial charge >= 0.3 is 0 Å². The molecule has 0 heterocycles. The van der Waals surface area contributed by atoms with Crippen LogP contribution < -0.4 is 0 Å². The lowest BCUT2D eigenvalue weighted by molar-refractivity contribution is -0.118. The molecule has 0 atom stereocenters. The van der Waals surface area contributed by atoms with Crippen molar-refractivity contribution in [2.75, 3.05) is 0 Å². The van der Waals surface area contributed by atoms with Crippen LogP contribution in [0.1, 0.15) is 24.8 Å². The second-order valence-electron chi connectivity index (χ2n) is 4.10. The predicted molar refractivity (Wildman–Crippen MR) is 62.5 cm³/mol. The van der Waals surface area contributed by atoms with Crippen LogP contribution in [0, 0.1) is 5.92 Å². The Morgan fingerprint density at radius 3 is 2.73 bits per heavy atom. The normalized spacial score (nSPS) is 15.3. The maximum absolute atomic E-state index is 11.6. The van der Waals surface area contributed by atoms with E-state index in [1.165, 1.54) is 12.8 Å². The van der Waals surface area contributed by atoms with Crippen LogP contribution in [0.2, 0.25) is 10.0 Å². The fourth-order valence-electron chi connectivity index (χ4n) is 1.61. The average molecular weight is 243 g/mol. The molecule has 1 aromatic rings. The summed E-state index contributed by atoms with van der Waals surface area (Å²) >= 11 is 11.8. The number of ketones is 1. The molecule has 1 aromatic carbocycles. The summed E-state index contributed by atoms with van der Waals surface area (Å²) in [6, 6.07) is 5.25. The summed E-state index contributed by atoms with van der Waals surface area (Å²) in [6.07, 6.45) is 3.52. The number of hydrogen-bond acceptors (Lipinski definition) is 1. The lowest BCUT2D eigenvalue weighted by atomic mass is 10.1. The van der Waals surface area contributed by atoms with Crippen LogP contribution in [0.5, 0.6) is 0 Å². The van der Waals surface area contributed by atoms with Gasteiger partial charge in [-0.15, -0.1) is 0 Å². The van der Waals surface area contributed by atoms with Gasteiger partial charge in [-0.1, -0.05) is 23.2 Å². The van der Waals surface area contributed by atoms with Crippen molar-refractivity contribution in [2.24, 2.45) is 5.92 Å². The summed E-state index contributed by atoms with van der Waals surface area (Å²) in [5.74, 6) is 0.900. The lowest BCUT2D eigenvalue weighted by Gasteiger charge is -2.03. The largest absolute Gasteiger partial charge is 0.299 e. The van der Waals surface area contributed by atoms with Crippen LogP contribution >= 0.6 is 23.2 Å². The molecule has 1 saturated carbocycles. The Hall–Kier alpha value is -0.530. The Labute approximate surface area is 99.4 Å². The molecule has 3 heteroatoms. The van der Waals surface area contributed by atoms with Gasteiger partial charge in [-0.3, -0.25) is 4.79 Å². The van der Waals surface area contributed by atoms with Crippen LogP contribution in [0.15, 0.2) is 18.2 Å². The number of rotatable bonds is 4. The summed E-state index contributed by atoms with van der Waals surface area (Å²) in [6.45, 7) is 0. The zero-order chi connectivity index (χ0) is 10.8. The molecular formula is C12H12Cl2O. The molecule has 1 fully saturated rings. The highest BCUT2D eigenvalue weighted by Gasteiger charge is 2.24. The van der Waals surface area contributed by atoms with E-state index in [0.717, 1.165) is 5.56 Å². The number of Topliss-reactive ketones (excluding diaryl/α,β-unsaturated/α-hetero) is 1. The molecule has 0 saturated heterocycles. The Balaban J connectivity index is 2.01. The van der Waals surface area contributed by atoms with Crippen molar-refractivity contribution in [1.82, 2.24) is 0 Å². The smallest absolute Gasteiger partial charge is 0.137 e. The second-order valence-corrected chi connectivity index (χ2v) is 4.94. The van der Waals surface area contributed by atoms with Crippen molar-refractivity contribution in [3.63, 3.8) is 0 Å². The second kappa shape index (κ2) is 4.54. The number of halogens is 2. The van der Waals surface area contributed by atoms with Crippen molar-refractivity contribution in [3.05, 3.63) is 33.8 Å². The summed E-state index contributed by atoms with van der Waals surface area (Å²) in [7, 11) is 0. The van der Waals surface area contributed by atoms with Gasteiger partial charge in [-0.2, -0.15) is 0 Å². The molecule has 80 valence electrons. The van der Waals surface area contributed by atoms with Gasteiger partial charge in [-0.25, -0.2) is 0 Å². The van der Waals surface area contributed by atoms with Crippen LogP contribution in [0.25, 0.3) is 0 Å². The first kappa shape index (κ1) is 11.0. The first-order valence-electron chi connectivity index (χ1n) is 5.11. The summed E-state index contributed by atoms with van der Waals surface area (Å²) < 4.78 is 0. The fraction of sp³-hybridized carbons (Fsp3) is 0.417. The third kappa shape index (κ3) is 3.22. The highest BCUT2D eigenvalue weighted by Crippen LogP contribution is 2.33. The monoisotopic (exact) mass is 242 g/mol. The van der Waals surface area contributed by atoms with E-state index in [1.54, 1.807) is 18.2 Å². The summed E-state index contributed by atoms with van der Waals surface area (Å²) in [4.78, 5) is 11.6. The van der Waals surface area contributed by atoms with Gasteiger partial charge in [0.15, 0.2) is 0 Å². The van der Waals surface area contributed by atoms with Gasteiger partial charge < -0.3 is 0 Å². The number of benzene rings is 1. The van der Waals surface area contributed by atoms with Gasteiger partial charge in [0.05, 0.1) is 0 Å². The molecule has 0 amide bonds. The van der Waals surface area contributed by atoms with Crippen molar-refractivity contribution < 1.29 is 4.79 Å². The molecule has 15 heavy (non-hydrogen) atoms. The lowest BCUT2D eigenvalue weighted by Crippen LogP contribution is -2.03. The summed E-state index contributed by atoms with van der Waals surface area (Å²) in [5.41, 5.74) is 0.842. The van der Waals surface area contributed by atoms with Gasteiger partial charge in [0.25, 0.3) is 0 Å². The number of hydrogen-bond donors (Lipinski definition) is 0. The topological polar surface area (TPSA) is 17.1 Å².